The van der Waals surface area contributed by atoms with Gasteiger partial charge >= 0.3 is 0 Å². The molecule has 2 atom stereocenters. The van der Waals surface area contributed by atoms with Crippen molar-refractivity contribution >= 4 is 15.9 Å². The van der Waals surface area contributed by atoms with Gasteiger partial charge in [-0.1, -0.05) is 12.8 Å². The number of sulfonamides is 1. The third kappa shape index (κ3) is 5.47. The van der Waals surface area contributed by atoms with E-state index in [1.54, 1.807) is 0 Å². The maximum absolute atomic E-state index is 11.8. The minimum Gasteiger partial charge on any atom is -0.356 e. The summed E-state index contributed by atoms with van der Waals surface area (Å²) < 4.78 is 21.3. The third-order valence-electron chi connectivity index (χ3n) is 3.06. The van der Waals surface area contributed by atoms with Gasteiger partial charge in [0.2, 0.25) is 15.9 Å². The van der Waals surface area contributed by atoms with Gasteiger partial charge in [0.25, 0.3) is 0 Å². The van der Waals surface area contributed by atoms with Crippen LogP contribution < -0.4 is 16.2 Å². The maximum Gasteiger partial charge on any atom is 0.224 e. The topological polar surface area (TPSA) is 115 Å². The Hall–Kier alpha value is -0.660. The molecule has 2 unspecified atom stereocenters. The number of nitrogens with two attached hydrogens (primary N) is 2. The first-order chi connectivity index (χ1) is 7.90. The zero-order valence-electron chi connectivity index (χ0n) is 9.89. The first-order valence-electron chi connectivity index (χ1n) is 5.94. The number of carbonyl (C=O) groups excluding carboxylic acids is 1. The molecule has 5 N–H and O–H groups in total. The number of primary sulfonamides is 1. The highest BCUT2D eigenvalue weighted by atomic mass is 32.2. The minimum absolute atomic E-state index is 0.0633. The van der Waals surface area contributed by atoms with E-state index in [1.165, 1.54) is 0 Å². The summed E-state index contributed by atoms with van der Waals surface area (Å²) in [6, 6.07) is -0.0676. The molecule has 0 aliphatic heterocycles. The van der Waals surface area contributed by atoms with Crippen LogP contribution in [0.15, 0.2) is 0 Å². The van der Waals surface area contributed by atoms with Crippen LogP contribution in [0.1, 0.15) is 32.1 Å². The van der Waals surface area contributed by atoms with E-state index in [0.717, 1.165) is 25.7 Å². The number of carbonyl (C=O) groups is 1. The summed E-state index contributed by atoms with van der Waals surface area (Å²) in [7, 11) is -3.43. The Labute approximate surface area is 102 Å². The highest BCUT2D eigenvalue weighted by Crippen LogP contribution is 2.22. The van der Waals surface area contributed by atoms with Gasteiger partial charge in [-0.2, -0.15) is 0 Å². The number of hydrogen-bond donors (Lipinski definition) is 3. The van der Waals surface area contributed by atoms with Crippen LogP contribution in [0, 0.1) is 5.92 Å². The van der Waals surface area contributed by atoms with E-state index >= 15 is 0 Å². The van der Waals surface area contributed by atoms with Crippen molar-refractivity contribution in [1.82, 2.24) is 5.32 Å². The molecule has 0 aromatic carbocycles. The fourth-order valence-corrected chi connectivity index (χ4v) is 2.65. The first-order valence-corrected chi connectivity index (χ1v) is 7.65. The molecule has 1 saturated carbocycles. The van der Waals surface area contributed by atoms with Crippen LogP contribution in [0.25, 0.3) is 0 Å². The van der Waals surface area contributed by atoms with E-state index in [2.05, 4.69) is 5.32 Å². The van der Waals surface area contributed by atoms with Gasteiger partial charge in [-0.15, -0.1) is 0 Å². The van der Waals surface area contributed by atoms with E-state index in [1.807, 2.05) is 0 Å². The summed E-state index contributed by atoms with van der Waals surface area (Å²) in [5.74, 6) is -0.297. The van der Waals surface area contributed by atoms with Crippen LogP contribution in [-0.2, 0) is 14.8 Å². The van der Waals surface area contributed by atoms with Crippen molar-refractivity contribution in [2.24, 2.45) is 16.8 Å². The van der Waals surface area contributed by atoms with Gasteiger partial charge in [-0.3, -0.25) is 4.79 Å². The Morgan fingerprint density at radius 2 is 1.94 bits per heavy atom. The van der Waals surface area contributed by atoms with Crippen LogP contribution in [0.3, 0.4) is 0 Å². The molecule has 0 aromatic heterocycles. The van der Waals surface area contributed by atoms with Crippen molar-refractivity contribution < 1.29 is 13.2 Å². The third-order valence-corrected chi connectivity index (χ3v) is 3.92. The zero-order chi connectivity index (χ0) is 12.9. The molecule has 0 bridgehead atoms. The molecule has 0 spiro atoms. The van der Waals surface area contributed by atoms with Gasteiger partial charge in [0.1, 0.15) is 0 Å². The molecule has 0 heterocycles. The quantitative estimate of drug-likeness (QED) is 0.569. The lowest BCUT2D eigenvalue weighted by molar-refractivity contribution is -0.126. The molecule has 7 heteroatoms. The molecule has 0 radical (unpaired) electrons. The second-order valence-electron chi connectivity index (χ2n) is 4.57. The van der Waals surface area contributed by atoms with Crippen molar-refractivity contribution in [3.63, 3.8) is 0 Å². The minimum atomic E-state index is -3.43. The summed E-state index contributed by atoms with van der Waals surface area (Å²) in [5.41, 5.74) is 5.88. The second kappa shape index (κ2) is 6.32. The van der Waals surface area contributed by atoms with Crippen molar-refractivity contribution in [2.45, 2.75) is 38.1 Å². The molecule has 0 saturated heterocycles. The van der Waals surface area contributed by atoms with E-state index in [-0.39, 0.29) is 23.6 Å². The van der Waals surface area contributed by atoms with Crippen LogP contribution in [0.4, 0.5) is 0 Å². The molecule has 100 valence electrons. The average Bonchev–Trinajstić information content (AvgIpc) is 2.23. The fraction of sp³-hybridized carbons (Fsp3) is 0.900. The highest BCUT2D eigenvalue weighted by Gasteiger charge is 2.27. The van der Waals surface area contributed by atoms with Crippen LogP contribution in [0.2, 0.25) is 0 Å². The smallest absolute Gasteiger partial charge is 0.224 e. The summed E-state index contributed by atoms with van der Waals surface area (Å²) in [4.78, 5) is 11.8. The Balaban J connectivity index is 2.24. The van der Waals surface area contributed by atoms with Gasteiger partial charge in [-0.05, 0) is 19.3 Å². The van der Waals surface area contributed by atoms with Gasteiger partial charge in [0.15, 0.2) is 0 Å². The molecule has 1 aliphatic carbocycles. The average molecular weight is 263 g/mol. The monoisotopic (exact) mass is 263 g/mol. The van der Waals surface area contributed by atoms with Gasteiger partial charge in [0.05, 0.1) is 11.7 Å². The maximum atomic E-state index is 11.8. The van der Waals surface area contributed by atoms with E-state index in [0.29, 0.717) is 13.0 Å². The van der Waals surface area contributed by atoms with Crippen molar-refractivity contribution in [3.8, 4) is 0 Å². The first kappa shape index (κ1) is 14.4. The molecule has 1 rings (SSSR count). The van der Waals surface area contributed by atoms with Gasteiger partial charge < -0.3 is 11.1 Å². The fourth-order valence-electron chi connectivity index (χ4n) is 2.10. The lowest BCUT2D eigenvalue weighted by Crippen LogP contribution is -2.44. The normalized spacial score (nSPS) is 25.5. The lowest BCUT2D eigenvalue weighted by atomic mass is 9.84. The largest absolute Gasteiger partial charge is 0.356 e. The van der Waals surface area contributed by atoms with Crippen molar-refractivity contribution in [3.05, 3.63) is 0 Å². The zero-order valence-corrected chi connectivity index (χ0v) is 10.7. The predicted molar refractivity (Wildman–Crippen MR) is 65.5 cm³/mol. The van der Waals surface area contributed by atoms with E-state index in [9.17, 15) is 13.2 Å². The molecular weight excluding hydrogens is 242 g/mol. The van der Waals surface area contributed by atoms with E-state index < -0.39 is 10.0 Å². The Morgan fingerprint density at radius 3 is 2.53 bits per heavy atom. The number of amides is 1. The Bertz CT molecular complexity index is 356. The lowest BCUT2D eigenvalue weighted by Gasteiger charge is -2.27. The molecule has 0 aromatic rings. The Morgan fingerprint density at radius 1 is 1.29 bits per heavy atom. The predicted octanol–water partition coefficient (Wildman–Crippen LogP) is -0.701. The van der Waals surface area contributed by atoms with Crippen LogP contribution in [-0.4, -0.2) is 32.7 Å². The van der Waals surface area contributed by atoms with Crippen molar-refractivity contribution in [1.29, 1.82) is 0 Å². The van der Waals surface area contributed by atoms with Gasteiger partial charge in [-0.25, -0.2) is 13.6 Å². The Kier molecular flexibility index (Phi) is 5.35. The number of rotatable bonds is 5. The summed E-state index contributed by atoms with van der Waals surface area (Å²) in [6.45, 7) is 0.332. The summed E-state index contributed by atoms with van der Waals surface area (Å²) in [6.07, 6.45) is 4.16. The molecule has 1 aliphatic rings. The summed E-state index contributed by atoms with van der Waals surface area (Å²) in [5, 5.41) is 7.57. The standard InChI is InChI=1S/C10H21N3O3S/c11-9-5-2-1-4-8(9)10(14)13-6-3-7-17(12,15)16/h8-9H,1-7,11H2,(H,13,14)(H2,12,15,16). The van der Waals surface area contributed by atoms with Crippen LogP contribution in [0.5, 0.6) is 0 Å². The summed E-state index contributed by atoms with van der Waals surface area (Å²) >= 11 is 0. The number of nitrogens with one attached hydrogen (secondary N) is 1. The molecule has 17 heavy (non-hydrogen) atoms. The SMILES string of the molecule is NC1CCCCC1C(=O)NCCCS(N)(=O)=O. The van der Waals surface area contributed by atoms with Gasteiger partial charge in [0, 0.05) is 12.6 Å². The van der Waals surface area contributed by atoms with Crippen molar-refractivity contribution in [2.75, 3.05) is 12.3 Å². The molecule has 6 nitrogen and oxygen atoms in total. The second-order valence-corrected chi connectivity index (χ2v) is 6.30. The molecule has 1 fully saturated rings. The number of hydrogen-bond acceptors (Lipinski definition) is 4. The van der Waals surface area contributed by atoms with E-state index in [4.69, 9.17) is 10.9 Å². The highest BCUT2D eigenvalue weighted by molar-refractivity contribution is 7.89. The van der Waals surface area contributed by atoms with Crippen LogP contribution >= 0.6 is 0 Å². The molecule has 1 amide bonds. The molecular formula is C10H21N3O3S.